The number of aromatic nitrogens is 1. The van der Waals surface area contributed by atoms with Crippen molar-refractivity contribution in [2.75, 3.05) is 4.31 Å². The van der Waals surface area contributed by atoms with E-state index in [0.717, 1.165) is 5.56 Å². The van der Waals surface area contributed by atoms with Crippen molar-refractivity contribution in [1.82, 2.24) is 4.98 Å². The minimum atomic E-state index is -3.89. The first kappa shape index (κ1) is 15.3. The summed E-state index contributed by atoms with van der Waals surface area (Å²) in [4.78, 5) is 13.7. The zero-order valence-electron chi connectivity index (χ0n) is 12.6. The number of hydrogen-bond acceptors (Lipinski definition) is 4. The zero-order valence-corrected chi connectivity index (χ0v) is 14.2. The molecule has 8 heteroatoms. The molecule has 0 spiro atoms. The molecule has 0 radical (unpaired) electrons. The zero-order chi connectivity index (χ0) is 17.1. The van der Waals surface area contributed by atoms with Gasteiger partial charge in [0.1, 0.15) is 4.90 Å². The van der Waals surface area contributed by atoms with Crippen molar-refractivity contribution in [3.8, 4) is 0 Å². The smallest absolute Gasteiger partial charge is 0.408 e. The van der Waals surface area contributed by atoms with Crippen molar-refractivity contribution < 1.29 is 12.8 Å². The largest absolute Gasteiger partial charge is 0.417 e. The highest BCUT2D eigenvalue weighted by atomic mass is 35.5. The van der Waals surface area contributed by atoms with E-state index >= 15 is 0 Å². The van der Waals surface area contributed by atoms with Crippen LogP contribution in [0.4, 0.5) is 5.69 Å². The second-order valence-electron chi connectivity index (χ2n) is 5.78. The number of aromatic amines is 1. The SMILES string of the molecule is C[C@H]1Cc2ccccc2N1S(=O)(=O)c1cc2oc(=O)[nH]c2cc1Cl. The monoisotopic (exact) mass is 364 g/mol. The molecule has 0 fully saturated rings. The molecule has 6 nitrogen and oxygen atoms in total. The minimum Gasteiger partial charge on any atom is -0.408 e. The van der Waals surface area contributed by atoms with Gasteiger partial charge in [-0.3, -0.25) is 9.29 Å². The molecular formula is C16H13ClN2O4S. The Kier molecular flexibility index (Phi) is 3.26. The van der Waals surface area contributed by atoms with E-state index in [4.69, 9.17) is 16.0 Å². The molecule has 4 rings (SSSR count). The van der Waals surface area contributed by atoms with Crippen molar-refractivity contribution >= 4 is 38.4 Å². The molecule has 1 aliphatic heterocycles. The van der Waals surface area contributed by atoms with Crippen LogP contribution in [0.25, 0.3) is 11.1 Å². The Morgan fingerprint density at radius 3 is 2.83 bits per heavy atom. The number of halogens is 1. The van der Waals surface area contributed by atoms with Crippen molar-refractivity contribution in [2.45, 2.75) is 24.3 Å². The Labute approximate surface area is 142 Å². The van der Waals surface area contributed by atoms with Gasteiger partial charge in [0.05, 0.1) is 16.2 Å². The summed E-state index contributed by atoms with van der Waals surface area (Å²) < 4.78 is 32.7. The summed E-state index contributed by atoms with van der Waals surface area (Å²) in [5.74, 6) is -0.657. The third kappa shape index (κ3) is 2.16. The Bertz CT molecular complexity index is 1120. The Morgan fingerprint density at radius 1 is 1.29 bits per heavy atom. The molecule has 0 amide bonds. The maximum absolute atomic E-state index is 13.2. The highest BCUT2D eigenvalue weighted by Crippen LogP contribution is 2.38. The van der Waals surface area contributed by atoms with Gasteiger partial charge >= 0.3 is 5.76 Å². The first-order valence-electron chi connectivity index (χ1n) is 7.32. The van der Waals surface area contributed by atoms with Crippen LogP contribution in [0.3, 0.4) is 0 Å². The third-order valence-electron chi connectivity index (χ3n) is 4.16. The van der Waals surface area contributed by atoms with Gasteiger partial charge in [-0.05, 0) is 31.0 Å². The van der Waals surface area contributed by atoms with E-state index in [1.807, 2.05) is 19.1 Å². The van der Waals surface area contributed by atoms with Crippen LogP contribution in [0.1, 0.15) is 12.5 Å². The molecular weight excluding hydrogens is 352 g/mol. The summed E-state index contributed by atoms with van der Waals surface area (Å²) in [6.07, 6.45) is 0.633. The molecule has 0 bridgehead atoms. The van der Waals surface area contributed by atoms with Crippen LogP contribution >= 0.6 is 11.6 Å². The second-order valence-corrected chi connectivity index (χ2v) is 7.97. The average molecular weight is 365 g/mol. The lowest BCUT2D eigenvalue weighted by molar-refractivity contribution is 0.553. The fourth-order valence-electron chi connectivity index (χ4n) is 3.16. The molecule has 1 aromatic heterocycles. The van der Waals surface area contributed by atoms with E-state index < -0.39 is 15.8 Å². The van der Waals surface area contributed by atoms with Crippen molar-refractivity contribution in [3.05, 3.63) is 57.5 Å². The van der Waals surface area contributed by atoms with Gasteiger partial charge < -0.3 is 4.42 Å². The van der Waals surface area contributed by atoms with Crippen molar-refractivity contribution in [2.24, 2.45) is 0 Å². The Morgan fingerprint density at radius 2 is 2.04 bits per heavy atom. The van der Waals surface area contributed by atoms with Gasteiger partial charge in [-0.15, -0.1) is 0 Å². The lowest BCUT2D eigenvalue weighted by Gasteiger charge is -2.24. The molecule has 3 aromatic rings. The molecule has 2 aromatic carbocycles. The molecule has 1 N–H and O–H groups in total. The number of nitrogens with zero attached hydrogens (tertiary/aromatic N) is 1. The number of fused-ring (bicyclic) bond motifs is 2. The highest BCUT2D eigenvalue weighted by Gasteiger charge is 2.37. The summed E-state index contributed by atoms with van der Waals surface area (Å²) >= 11 is 6.18. The van der Waals surface area contributed by atoms with Crippen LogP contribution in [-0.4, -0.2) is 19.4 Å². The predicted molar refractivity (Wildman–Crippen MR) is 91.1 cm³/mol. The number of rotatable bonds is 2. The van der Waals surface area contributed by atoms with E-state index in [2.05, 4.69) is 4.98 Å². The first-order valence-corrected chi connectivity index (χ1v) is 9.14. The molecule has 2 heterocycles. The lowest BCUT2D eigenvalue weighted by Crippen LogP contribution is -2.35. The fraction of sp³-hybridized carbons (Fsp3) is 0.188. The third-order valence-corrected chi connectivity index (χ3v) is 6.55. The number of para-hydroxylation sites is 1. The van der Waals surface area contributed by atoms with E-state index in [-0.39, 0.29) is 21.5 Å². The topological polar surface area (TPSA) is 83.4 Å². The second kappa shape index (κ2) is 5.12. The highest BCUT2D eigenvalue weighted by molar-refractivity contribution is 7.93. The molecule has 24 heavy (non-hydrogen) atoms. The fourth-order valence-corrected chi connectivity index (χ4v) is 5.37. The van der Waals surface area contributed by atoms with Crippen molar-refractivity contribution in [1.29, 1.82) is 0 Å². The van der Waals surface area contributed by atoms with E-state index in [0.29, 0.717) is 17.6 Å². The Hall–Kier alpha value is -2.25. The Balaban J connectivity index is 1.92. The molecule has 124 valence electrons. The maximum atomic E-state index is 13.2. The maximum Gasteiger partial charge on any atom is 0.417 e. The van der Waals surface area contributed by atoms with E-state index in [9.17, 15) is 13.2 Å². The van der Waals surface area contributed by atoms with Gasteiger partial charge in [-0.25, -0.2) is 13.2 Å². The van der Waals surface area contributed by atoms with Gasteiger partial charge in [0.2, 0.25) is 0 Å². The minimum absolute atomic E-state index is 0.0381. The lowest BCUT2D eigenvalue weighted by atomic mass is 10.1. The first-order chi connectivity index (χ1) is 11.4. The summed E-state index contributed by atoms with van der Waals surface area (Å²) in [5, 5.41) is 0.0381. The van der Waals surface area contributed by atoms with E-state index in [1.165, 1.54) is 16.4 Å². The number of anilines is 1. The quantitative estimate of drug-likeness (QED) is 0.757. The van der Waals surface area contributed by atoms with Crippen LogP contribution in [0.5, 0.6) is 0 Å². The van der Waals surface area contributed by atoms with Gasteiger partial charge in [0.25, 0.3) is 10.0 Å². The number of hydrogen-bond donors (Lipinski definition) is 1. The molecule has 1 aliphatic rings. The number of sulfonamides is 1. The van der Waals surface area contributed by atoms with Crippen LogP contribution in [0, 0.1) is 0 Å². The summed E-state index contributed by atoms with van der Waals surface area (Å²) in [5.41, 5.74) is 2.14. The average Bonchev–Trinajstić information content (AvgIpc) is 3.03. The number of oxazole rings is 1. The molecule has 0 saturated heterocycles. The van der Waals surface area contributed by atoms with Crippen LogP contribution in [0.2, 0.25) is 5.02 Å². The van der Waals surface area contributed by atoms with Crippen LogP contribution in [0.15, 0.2) is 50.5 Å². The number of nitrogens with one attached hydrogen (secondary N) is 1. The normalized spacial score (nSPS) is 17.4. The van der Waals surface area contributed by atoms with Gasteiger partial charge in [0, 0.05) is 12.1 Å². The van der Waals surface area contributed by atoms with Gasteiger partial charge in [-0.1, -0.05) is 29.8 Å². The van der Waals surface area contributed by atoms with Gasteiger partial charge in [-0.2, -0.15) is 0 Å². The standard InChI is InChI=1S/C16H13ClN2O4S/c1-9-6-10-4-2-3-5-13(10)19(9)24(21,22)15-8-14-12(7-11(15)17)18-16(20)23-14/h2-5,7-9H,6H2,1H3,(H,18,20)/t9-/m0/s1. The summed E-state index contributed by atoms with van der Waals surface area (Å²) in [7, 11) is -3.89. The molecule has 0 saturated carbocycles. The number of H-pyrrole nitrogens is 1. The molecule has 0 aliphatic carbocycles. The van der Waals surface area contributed by atoms with E-state index in [1.54, 1.807) is 12.1 Å². The number of benzene rings is 2. The van der Waals surface area contributed by atoms with Crippen LogP contribution in [-0.2, 0) is 16.4 Å². The molecule has 1 atom stereocenters. The molecule has 0 unspecified atom stereocenters. The van der Waals surface area contributed by atoms with Gasteiger partial charge in [0.15, 0.2) is 5.58 Å². The van der Waals surface area contributed by atoms with Crippen LogP contribution < -0.4 is 10.1 Å². The summed E-state index contributed by atoms with van der Waals surface area (Å²) in [6.45, 7) is 1.85. The summed E-state index contributed by atoms with van der Waals surface area (Å²) in [6, 6.07) is 9.83. The van der Waals surface area contributed by atoms with Crippen molar-refractivity contribution in [3.63, 3.8) is 0 Å². The predicted octanol–water partition coefficient (Wildman–Crippen LogP) is 2.91.